The standard InChI is InChI=1S/C32H37F3O2/c1-3-5-20-37-26-15-12-24(13-16-26)29-18-14-25(31(34)32(29)35)11-8-22-6-9-23(10-7-22)28-19-17-27(36-4-2)21-30(28)33/h12-19,21-23H,3-11,20H2,1-2H3. The Morgan fingerprint density at radius 2 is 1.51 bits per heavy atom. The van der Waals surface area contributed by atoms with Crippen molar-refractivity contribution >= 4 is 0 Å². The zero-order chi connectivity index (χ0) is 26.2. The fourth-order valence-corrected chi connectivity index (χ4v) is 5.29. The van der Waals surface area contributed by atoms with Crippen LogP contribution in [0.25, 0.3) is 11.1 Å². The Bertz CT molecular complexity index is 1150. The van der Waals surface area contributed by atoms with Gasteiger partial charge in [-0.2, -0.15) is 0 Å². The summed E-state index contributed by atoms with van der Waals surface area (Å²) in [4.78, 5) is 0. The van der Waals surface area contributed by atoms with E-state index in [1.807, 2.05) is 19.1 Å². The molecule has 37 heavy (non-hydrogen) atoms. The third kappa shape index (κ3) is 6.88. The Morgan fingerprint density at radius 1 is 0.784 bits per heavy atom. The highest BCUT2D eigenvalue weighted by atomic mass is 19.2. The van der Waals surface area contributed by atoms with Gasteiger partial charge in [-0.1, -0.05) is 43.7 Å². The molecule has 1 aliphatic carbocycles. The van der Waals surface area contributed by atoms with Gasteiger partial charge in [-0.25, -0.2) is 13.2 Å². The number of ether oxygens (including phenoxy) is 2. The van der Waals surface area contributed by atoms with Crippen LogP contribution >= 0.6 is 0 Å². The molecule has 0 radical (unpaired) electrons. The second-order valence-electron chi connectivity index (χ2n) is 10.00. The van der Waals surface area contributed by atoms with Crippen molar-refractivity contribution in [2.24, 2.45) is 5.92 Å². The lowest BCUT2D eigenvalue weighted by Gasteiger charge is -2.29. The zero-order valence-electron chi connectivity index (χ0n) is 21.9. The van der Waals surface area contributed by atoms with Gasteiger partial charge >= 0.3 is 0 Å². The second kappa shape index (κ2) is 13.0. The third-order valence-electron chi connectivity index (χ3n) is 7.49. The molecule has 3 aromatic rings. The molecular weight excluding hydrogens is 473 g/mol. The summed E-state index contributed by atoms with van der Waals surface area (Å²) >= 11 is 0. The van der Waals surface area contributed by atoms with Crippen molar-refractivity contribution in [1.29, 1.82) is 0 Å². The topological polar surface area (TPSA) is 18.5 Å². The van der Waals surface area contributed by atoms with E-state index in [-0.39, 0.29) is 17.3 Å². The van der Waals surface area contributed by atoms with E-state index in [0.29, 0.717) is 42.4 Å². The van der Waals surface area contributed by atoms with Gasteiger partial charge in [0.05, 0.1) is 13.2 Å². The van der Waals surface area contributed by atoms with Gasteiger partial charge in [0, 0.05) is 11.6 Å². The quantitative estimate of drug-likeness (QED) is 0.239. The fraction of sp³-hybridized carbons (Fsp3) is 0.438. The molecule has 1 fully saturated rings. The number of hydrogen-bond acceptors (Lipinski definition) is 2. The van der Waals surface area contributed by atoms with Crippen molar-refractivity contribution in [3.8, 4) is 22.6 Å². The van der Waals surface area contributed by atoms with Crippen LogP contribution in [-0.2, 0) is 6.42 Å². The Morgan fingerprint density at radius 3 is 2.19 bits per heavy atom. The maximum atomic E-state index is 15.0. The molecule has 0 bridgehead atoms. The Balaban J connectivity index is 1.31. The molecule has 3 aromatic carbocycles. The Kier molecular flexibility index (Phi) is 9.54. The van der Waals surface area contributed by atoms with Crippen LogP contribution < -0.4 is 9.47 Å². The van der Waals surface area contributed by atoms with Crippen molar-refractivity contribution in [3.05, 3.63) is 83.2 Å². The molecule has 5 heteroatoms. The number of rotatable bonds is 11. The van der Waals surface area contributed by atoms with Crippen molar-refractivity contribution in [2.75, 3.05) is 13.2 Å². The minimum Gasteiger partial charge on any atom is -0.494 e. The molecule has 0 atom stereocenters. The number of benzene rings is 3. The van der Waals surface area contributed by atoms with Gasteiger partial charge in [0.15, 0.2) is 11.6 Å². The van der Waals surface area contributed by atoms with E-state index in [4.69, 9.17) is 9.47 Å². The summed E-state index contributed by atoms with van der Waals surface area (Å²) in [5.74, 6) is 0.164. The smallest absolute Gasteiger partial charge is 0.166 e. The van der Waals surface area contributed by atoms with E-state index < -0.39 is 11.6 Å². The monoisotopic (exact) mass is 510 g/mol. The van der Waals surface area contributed by atoms with Crippen LogP contribution in [0.15, 0.2) is 54.6 Å². The number of unbranched alkanes of at least 4 members (excludes halogenated alkanes) is 1. The van der Waals surface area contributed by atoms with E-state index in [1.54, 1.807) is 36.4 Å². The molecule has 0 unspecified atom stereocenters. The van der Waals surface area contributed by atoms with Crippen LogP contribution in [0.2, 0.25) is 0 Å². The van der Waals surface area contributed by atoms with Crippen LogP contribution in [0.3, 0.4) is 0 Å². The van der Waals surface area contributed by atoms with Crippen LogP contribution in [0, 0.1) is 23.4 Å². The SMILES string of the molecule is CCCCOc1ccc(-c2ccc(CCC3CCC(c4ccc(OCC)cc4F)CC3)c(F)c2F)cc1. The molecule has 198 valence electrons. The summed E-state index contributed by atoms with van der Waals surface area (Å²) < 4.78 is 55.5. The summed E-state index contributed by atoms with van der Waals surface area (Å²) in [5.41, 5.74) is 2.07. The molecule has 0 heterocycles. The van der Waals surface area contributed by atoms with E-state index in [9.17, 15) is 13.2 Å². The van der Waals surface area contributed by atoms with Gasteiger partial charge < -0.3 is 9.47 Å². The first-order valence-corrected chi connectivity index (χ1v) is 13.6. The predicted octanol–water partition coefficient (Wildman–Crippen LogP) is 9.26. The van der Waals surface area contributed by atoms with Gasteiger partial charge in [-0.3, -0.25) is 0 Å². The van der Waals surface area contributed by atoms with Crippen molar-refractivity contribution < 1.29 is 22.6 Å². The van der Waals surface area contributed by atoms with E-state index >= 15 is 0 Å². The molecule has 1 saturated carbocycles. The number of hydrogen-bond donors (Lipinski definition) is 0. The van der Waals surface area contributed by atoms with Crippen LogP contribution in [0.5, 0.6) is 11.5 Å². The lowest BCUT2D eigenvalue weighted by Crippen LogP contribution is -2.15. The molecule has 0 spiro atoms. The second-order valence-corrected chi connectivity index (χ2v) is 10.00. The molecule has 0 N–H and O–H groups in total. The van der Waals surface area contributed by atoms with Gasteiger partial charge in [0.1, 0.15) is 17.3 Å². The predicted molar refractivity (Wildman–Crippen MR) is 143 cm³/mol. The zero-order valence-corrected chi connectivity index (χ0v) is 21.9. The first kappa shape index (κ1) is 27.1. The highest BCUT2D eigenvalue weighted by molar-refractivity contribution is 5.65. The highest BCUT2D eigenvalue weighted by Crippen LogP contribution is 2.39. The molecule has 0 amide bonds. The van der Waals surface area contributed by atoms with Crippen molar-refractivity contribution in [1.82, 2.24) is 0 Å². The van der Waals surface area contributed by atoms with Gasteiger partial charge in [-0.05, 0) is 98.6 Å². The lowest BCUT2D eigenvalue weighted by atomic mass is 9.76. The molecule has 4 rings (SSSR count). The van der Waals surface area contributed by atoms with Crippen LogP contribution in [0.4, 0.5) is 13.2 Å². The Labute approximate surface area is 218 Å². The molecule has 2 nitrogen and oxygen atoms in total. The van der Waals surface area contributed by atoms with E-state index in [1.165, 1.54) is 6.07 Å². The minimum atomic E-state index is -0.799. The summed E-state index contributed by atoms with van der Waals surface area (Å²) in [6.45, 7) is 5.14. The summed E-state index contributed by atoms with van der Waals surface area (Å²) in [5, 5.41) is 0. The van der Waals surface area contributed by atoms with Crippen LogP contribution in [0.1, 0.15) is 75.8 Å². The summed E-state index contributed by atoms with van der Waals surface area (Å²) in [7, 11) is 0. The van der Waals surface area contributed by atoms with E-state index in [2.05, 4.69) is 6.92 Å². The first-order valence-electron chi connectivity index (χ1n) is 13.6. The molecule has 0 aromatic heterocycles. The van der Waals surface area contributed by atoms with Gasteiger partial charge in [-0.15, -0.1) is 0 Å². The molecule has 0 saturated heterocycles. The third-order valence-corrected chi connectivity index (χ3v) is 7.49. The molecule has 1 aliphatic rings. The average Bonchev–Trinajstić information content (AvgIpc) is 2.91. The summed E-state index contributed by atoms with van der Waals surface area (Å²) in [6, 6.07) is 15.7. The first-order chi connectivity index (χ1) is 18.0. The lowest BCUT2D eigenvalue weighted by molar-refractivity contribution is 0.304. The highest BCUT2D eigenvalue weighted by Gasteiger charge is 2.25. The largest absolute Gasteiger partial charge is 0.494 e. The van der Waals surface area contributed by atoms with Crippen LogP contribution in [-0.4, -0.2) is 13.2 Å². The maximum Gasteiger partial charge on any atom is 0.166 e. The van der Waals surface area contributed by atoms with E-state index in [0.717, 1.165) is 56.3 Å². The number of halogens is 3. The minimum absolute atomic E-state index is 0.198. The maximum absolute atomic E-state index is 15.0. The molecule has 0 aliphatic heterocycles. The Hall–Kier alpha value is -2.95. The average molecular weight is 511 g/mol. The fourth-order valence-electron chi connectivity index (χ4n) is 5.29. The normalized spacial score (nSPS) is 17.5. The van der Waals surface area contributed by atoms with Crippen molar-refractivity contribution in [2.45, 2.75) is 71.1 Å². The summed E-state index contributed by atoms with van der Waals surface area (Å²) in [6.07, 6.45) is 7.08. The number of aryl methyl sites for hydroxylation is 1. The van der Waals surface area contributed by atoms with Crippen molar-refractivity contribution in [3.63, 3.8) is 0 Å². The molecular formula is C32H37F3O2. The van der Waals surface area contributed by atoms with Gasteiger partial charge in [0.2, 0.25) is 0 Å². The van der Waals surface area contributed by atoms with Gasteiger partial charge in [0.25, 0.3) is 0 Å².